The van der Waals surface area contributed by atoms with E-state index in [0.717, 1.165) is 0 Å². The molecule has 0 saturated heterocycles. The molecule has 1 rings (SSSR count). The molecule has 1 aromatic rings. The summed E-state index contributed by atoms with van der Waals surface area (Å²) in [5.74, 6) is 0.641. The summed E-state index contributed by atoms with van der Waals surface area (Å²) in [6.45, 7) is 1.82. The molecule has 0 aromatic heterocycles. The maximum atomic E-state index is 11.5. The van der Waals surface area contributed by atoms with Gasteiger partial charge in [-0.3, -0.25) is 4.72 Å². The number of para-hydroxylation sites is 2. The van der Waals surface area contributed by atoms with E-state index in [4.69, 9.17) is 4.74 Å². The van der Waals surface area contributed by atoms with E-state index in [0.29, 0.717) is 17.9 Å². The van der Waals surface area contributed by atoms with Crippen LogP contribution in [0.4, 0.5) is 5.69 Å². The van der Waals surface area contributed by atoms with Gasteiger partial charge in [0.1, 0.15) is 5.75 Å². The monoisotopic (exact) mass is 229 g/mol. The van der Waals surface area contributed by atoms with Gasteiger partial charge in [0.15, 0.2) is 0 Å². The summed E-state index contributed by atoms with van der Waals surface area (Å²) < 4.78 is 30.5. The van der Waals surface area contributed by atoms with Crippen molar-refractivity contribution in [2.24, 2.45) is 0 Å². The zero-order chi connectivity index (χ0) is 11.3. The summed E-state index contributed by atoms with van der Waals surface area (Å²) in [7, 11) is -1.74. The lowest BCUT2D eigenvalue weighted by Gasteiger charge is -2.10. The Balaban J connectivity index is 2.89. The van der Waals surface area contributed by atoms with Crippen molar-refractivity contribution in [3.63, 3.8) is 0 Å². The van der Waals surface area contributed by atoms with Crippen LogP contribution in [-0.2, 0) is 10.0 Å². The third-order valence-corrected chi connectivity index (χ3v) is 3.32. The molecule has 0 aliphatic carbocycles. The second-order valence-corrected chi connectivity index (χ2v) is 4.96. The first-order valence-electron chi connectivity index (χ1n) is 4.72. The van der Waals surface area contributed by atoms with Gasteiger partial charge in [0.2, 0.25) is 10.0 Å². The van der Waals surface area contributed by atoms with Crippen LogP contribution in [0.25, 0.3) is 0 Å². The topological polar surface area (TPSA) is 55.4 Å². The standard InChI is InChI=1S/C10H15NO3S/c1-3-8-15(12,13)11-9-6-4-5-7-10(9)14-2/h4-7,11H,3,8H2,1-2H3. The molecule has 0 bridgehead atoms. The summed E-state index contributed by atoms with van der Waals surface area (Å²) in [6.07, 6.45) is 0.588. The number of hydrogen-bond acceptors (Lipinski definition) is 3. The Morgan fingerprint density at radius 2 is 2.00 bits per heavy atom. The van der Waals surface area contributed by atoms with Crippen molar-refractivity contribution >= 4 is 15.7 Å². The molecule has 0 aliphatic rings. The number of methoxy groups -OCH3 is 1. The minimum atomic E-state index is -3.25. The first-order valence-corrected chi connectivity index (χ1v) is 6.38. The van der Waals surface area contributed by atoms with Gasteiger partial charge in [0, 0.05) is 0 Å². The Kier molecular flexibility index (Phi) is 3.96. The minimum Gasteiger partial charge on any atom is -0.495 e. The average molecular weight is 229 g/mol. The largest absolute Gasteiger partial charge is 0.495 e. The van der Waals surface area contributed by atoms with Crippen LogP contribution in [-0.4, -0.2) is 21.3 Å². The fraction of sp³-hybridized carbons (Fsp3) is 0.400. The normalized spacial score (nSPS) is 11.1. The van der Waals surface area contributed by atoms with Gasteiger partial charge in [-0.1, -0.05) is 19.1 Å². The van der Waals surface area contributed by atoms with E-state index in [9.17, 15) is 8.42 Å². The highest BCUT2D eigenvalue weighted by Gasteiger charge is 2.11. The lowest BCUT2D eigenvalue weighted by Crippen LogP contribution is -2.16. The molecule has 0 radical (unpaired) electrons. The van der Waals surface area contributed by atoms with Crippen LogP contribution < -0.4 is 9.46 Å². The Labute approximate surface area is 90.3 Å². The SMILES string of the molecule is CCCS(=O)(=O)Nc1ccccc1OC. The maximum absolute atomic E-state index is 11.5. The first kappa shape index (κ1) is 11.8. The first-order chi connectivity index (χ1) is 7.09. The van der Waals surface area contributed by atoms with Gasteiger partial charge >= 0.3 is 0 Å². The fourth-order valence-corrected chi connectivity index (χ4v) is 2.36. The van der Waals surface area contributed by atoms with Crippen LogP contribution in [0.15, 0.2) is 24.3 Å². The molecule has 84 valence electrons. The van der Waals surface area contributed by atoms with E-state index in [1.54, 1.807) is 24.3 Å². The summed E-state index contributed by atoms with van der Waals surface area (Å²) in [4.78, 5) is 0. The molecule has 0 fully saturated rings. The third kappa shape index (κ3) is 3.43. The summed E-state index contributed by atoms with van der Waals surface area (Å²) in [5.41, 5.74) is 0.480. The number of benzene rings is 1. The predicted octanol–water partition coefficient (Wildman–Crippen LogP) is 1.85. The molecule has 0 aliphatic heterocycles. The van der Waals surface area contributed by atoms with E-state index < -0.39 is 10.0 Å². The van der Waals surface area contributed by atoms with Gasteiger partial charge in [-0.15, -0.1) is 0 Å². The Morgan fingerprint density at radius 3 is 2.60 bits per heavy atom. The molecule has 0 spiro atoms. The van der Waals surface area contributed by atoms with Crippen LogP contribution in [0.5, 0.6) is 5.75 Å². The fourth-order valence-electron chi connectivity index (χ4n) is 1.22. The quantitative estimate of drug-likeness (QED) is 0.838. The van der Waals surface area contributed by atoms with Crippen molar-refractivity contribution in [3.05, 3.63) is 24.3 Å². The summed E-state index contributed by atoms with van der Waals surface area (Å²) >= 11 is 0. The summed E-state index contributed by atoms with van der Waals surface area (Å²) in [5, 5.41) is 0. The zero-order valence-electron chi connectivity index (χ0n) is 8.86. The highest BCUT2D eigenvalue weighted by atomic mass is 32.2. The van der Waals surface area contributed by atoms with Gasteiger partial charge in [0.05, 0.1) is 18.6 Å². The van der Waals surface area contributed by atoms with Crippen LogP contribution in [0.3, 0.4) is 0 Å². The summed E-state index contributed by atoms with van der Waals surface area (Å²) in [6, 6.07) is 6.93. The molecule has 1 N–H and O–H groups in total. The number of rotatable bonds is 5. The second kappa shape index (κ2) is 5.02. The highest BCUT2D eigenvalue weighted by Crippen LogP contribution is 2.24. The second-order valence-electron chi connectivity index (χ2n) is 3.12. The smallest absolute Gasteiger partial charge is 0.232 e. The lowest BCUT2D eigenvalue weighted by atomic mass is 10.3. The van der Waals surface area contributed by atoms with E-state index in [-0.39, 0.29) is 5.75 Å². The molecule has 0 heterocycles. The molecule has 0 atom stereocenters. The zero-order valence-corrected chi connectivity index (χ0v) is 9.67. The number of nitrogens with one attached hydrogen (secondary N) is 1. The molecular formula is C10H15NO3S. The van der Waals surface area contributed by atoms with Crippen molar-refractivity contribution in [3.8, 4) is 5.75 Å². The van der Waals surface area contributed by atoms with E-state index in [1.165, 1.54) is 7.11 Å². The van der Waals surface area contributed by atoms with Crippen LogP contribution >= 0.6 is 0 Å². The molecule has 0 amide bonds. The van der Waals surface area contributed by atoms with Gasteiger partial charge in [-0.2, -0.15) is 0 Å². The molecule has 4 nitrogen and oxygen atoms in total. The van der Waals surface area contributed by atoms with Gasteiger partial charge in [0.25, 0.3) is 0 Å². The Hall–Kier alpha value is -1.23. The molecular weight excluding hydrogens is 214 g/mol. The highest BCUT2D eigenvalue weighted by molar-refractivity contribution is 7.92. The number of sulfonamides is 1. The predicted molar refractivity (Wildman–Crippen MR) is 60.7 cm³/mol. The number of anilines is 1. The van der Waals surface area contributed by atoms with Crippen molar-refractivity contribution in [2.75, 3.05) is 17.6 Å². The van der Waals surface area contributed by atoms with Crippen molar-refractivity contribution in [2.45, 2.75) is 13.3 Å². The van der Waals surface area contributed by atoms with Crippen molar-refractivity contribution in [1.82, 2.24) is 0 Å². The molecule has 5 heteroatoms. The third-order valence-electron chi connectivity index (χ3n) is 1.85. The van der Waals surface area contributed by atoms with E-state index >= 15 is 0 Å². The molecule has 0 unspecified atom stereocenters. The number of ether oxygens (including phenoxy) is 1. The maximum Gasteiger partial charge on any atom is 0.232 e. The number of hydrogen-bond donors (Lipinski definition) is 1. The lowest BCUT2D eigenvalue weighted by molar-refractivity contribution is 0.417. The molecule has 15 heavy (non-hydrogen) atoms. The van der Waals surface area contributed by atoms with Crippen LogP contribution in [0, 0.1) is 0 Å². The van der Waals surface area contributed by atoms with Gasteiger partial charge in [-0.25, -0.2) is 8.42 Å². The van der Waals surface area contributed by atoms with Crippen LogP contribution in [0.1, 0.15) is 13.3 Å². The van der Waals surface area contributed by atoms with Crippen LogP contribution in [0.2, 0.25) is 0 Å². The van der Waals surface area contributed by atoms with Crippen molar-refractivity contribution < 1.29 is 13.2 Å². The van der Waals surface area contributed by atoms with Crippen molar-refractivity contribution in [1.29, 1.82) is 0 Å². The molecule has 1 aromatic carbocycles. The van der Waals surface area contributed by atoms with Gasteiger partial charge in [-0.05, 0) is 18.6 Å². The minimum absolute atomic E-state index is 0.116. The van der Waals surface area contributed by atoms with E-state index in [1.807, 2.05) is 6.92 Å². The van der Waals surface area contributed by atoms with E-state index in [2.05, 4.69) is 4.72 Å². The molecule has 0 saturated carbocycles. The average Bonchev–Trinajstić information content (AvgIpc) is 2.17. The Morgan fingerprint density at radius 1 is 1.33 bits per heavy atom. The Bertz CT molecular complexity index is 414. The van der Waals surface area contributed by atoms with Gasteiger partial charge < -0.3 is 4.74 Å².